The van der Waals surface area contributed by atoms with Gasteiger partial charge in [-0.3, -0.25) is 0 Å². The van der Waals surface area contributed by atoms with Gasteiger partial charge in [-0.05, 0) is 12.5 Å². The highest BCUT2D eigenvalue weighted by atomic mass is 35.5. The fraction of sp³-hybridized carbons (Fsp3) is 0.222. The lowest BCUT2D eigenvalue weighted by Gasteiger charge is -1.93. The SMILES string of the molecule is CC/C=C/c1cccnc1Cl. The van der Waals surface area contributed by atoms with E-state index in [0.717, 1.165) is 12.0 Å². The molecule has 0 aromatic carbocycles. The molecular formula is C9H10ClN. The van der Waals surface area contributed by atoms with Crippen molar-refractivity contribution in [2.45, 2.75) is 13.3 Å². The van der Waals surface area contributed by atoms with E-state index < -0.39 is 0 Å². The topological polar surface area (TPSA) is 12.9 Å². The first-order valence-corrected chi connectivity index (χ1v) is 3.99. The smallest absolute Gasteiger partial charge is 0.136 e. The van der Waals surface area contributed by atoms with Crippen molar-refractivity contribution in [1.29, 1.82) is 0 Å². The number of allylic oxidation sites excluding steroid dienone is 1. The summed E-state index contributed by atoms with van der Waals surface area (Å²) < 4.78 is 0. The van der Waals surface area contributed by atoms with Gasteiger partial charge in [-0.15, -0.1) is 0 Å². The lowest BCUT2D eigenvalue weighted by Crippen LogP contribution is -1.77. The van der Waals surface area contributed by atoms with Gasteiger partial charge >= 0.3 is 0 Å². The van der Waals surface area contributed by atoms with Crippen LogP contribution in [-0.2, 0) is 0 Å². The Morgan fingerprint density at radius 2 is 2.45 bits per heavy atom. The molecular weight excluding hydrogens is 158 g/mol. The molecule has 1 nitrogen and oxygen atoms in total. The molecule has 0 aliphatic heterocycles. The molecule has 0 bridgehead atoms. The summed E-state index contributed by atoms with van der Waals surface area (Å²) in [4.78, 5) is 3.95. The second kappa shape index (κ2) is 4.14. The van der Waals surface area contributed by atoms with E-state index in [1.54, 1.807) is 6.20 Å². The second-order valence-electron chi connectivity index (χ2n) is 2.19. The lowest BCUT2D eigenvalue weighted by molar-refractivity contribution is 1.23. The molecule has 1 rings (SSSR count). The van der Waals surface area contributed by atoms with Crippen LogP contribution in [0.3, 0.4) is 0 Å². The Morgan fingerprint density at radius 3 is 3.09 bits per heavy atom. The molecule has 1 aromatic rings. The number of hydrogen-bond acceptors (Lipinski definition) is 1. The minimum absolute atomic E-state index is 0.567. The van der Waals surface area contributed by atoms with E-state index in [4.69, 9.17) is 11.6 Å². The largest absolute Gasteiger partial charge is 0.244 e. The van der Waals surface area contributed by atoms with Crippen LogP contribution >= 0.6 is 11.6 Å². The minimum Gasteiger partial charge on any atom is -0.244 e. The maximum atomic E-state index is 5.80. The highest BCUT2D eigenvalue weighted by Gasteiger charge is 1.92. The summed E-state index contributed by atoms with van der Waals surface area (Å²) in [6.07, 6.45) is 6.75. The summed E-state index contributed by atoms with van der Waals surface area (Å²) in [6.45, 7) is 2.08. The van der Waals surface area contributed by atoms with E-state index in [1.165, 1.54) is 0 Å². The quantitative estimate of drug-likeness (QED) is 0.617. The number of pyridine rings is 1. The maximum Gasteiger partial charge on any atom is 0.136 e. The van der Waals surface area contributed by atoms with E-state index >= 15 is 0 Å². The van der Waals surface area contributed by atoms with Crippen LogP contribution in [0.2, 0.25) is 5.15 Å². The molecule has 0 N–H and O–H groups in total. The first-order valence-electron chi connectivity index (χ1n) is 3.61. The van der Waals surface area contributed by atoms with Crippen molar-refractivity contribution in [1.82, 2.24) is 4.98 Å². The summed E-state index contributed by atoms with van der Waals surface area (Å²) in [5, 5.41) is 0.567. The van der Waals surface area contributed by atoms with Crippen molar-refractivity contribution < 1.29 is 0 Å². The van der Waals surface area contributed by atoms with Crippen molar-refractivity contribution >= 4 is 17.7 Å². The summed E-state index contributed by atoms with van der Waals surface area (Å²) in [6, 6.07) is 3.82. The van der Waals surface area contributed by atoms with Gasteiger partial charge in [-0.1, -0.05) is 36.7 Å². The molecule has 0 radical (unpaired) electrons. The van der Waals surface area contributed by atoms with Crippen molar-refractivity contribution in [2.75, 3.05) is 0 Å². The van der Waals surface area contributed by atoms with Gasteiger partial charge < -0.3 is 0 Å². The molecule has 58 valence electrons. The Balaban J connectivity index is 2.86. The van der Waals surface area contributed by atoms with Crippen molar-refractivity contribution in [2.24, 2.45) is 0 Å². The van der Waals surface area contributed by atoms with Gasteiger partial charge in [0.2, 0.25) is 0 Å². The minimum atomic E-state index is 0.567. The van der Waals surface area contributed by atoms with Gasteiger partial charge in [0.25, 0.3) is 0 Å². The van der Waals surface area contributed by atoms with Crippen LogP contribution in [0.5, 0.6) is 0 Å². The Kier molecular flexibility index (Phi) is 3.12. The predicted molar refractivity (Wildman–Crippen MR) is 48.6 cm³/mol. The van der Waals surface area contributed by atoms with Crippen molar-refractivity contribution in [3.63, 3.8) is 0 Å². The third kappa shape index (κ3) is 2.35. The van der Waals surface area contributed by atoms with Gasteiger partial charge in [0.1, 0.15) is 5.15 Å². The van der Waals surface area contributed by atoms with E-state index in [1.807, 2.05) is 18.2 Å². The third-order valence-corrected chi connectivity index (χ3v) is 1.64. The fourth-order valence-electron chi connectivity index (χ4n) is 0.768. The predicted octanol–water partition coefficient (Wildman–Crippen LogP) is 3.16. The molecule has 0 aliphatic carbocycles. The van der Waals surface area contributed by atoms with Gasteiger partial charge in [0.15, 0.2) is 0 Å². The molecule has 0 atom stereocenters. The van der Waals surface area contributed by atoms with Gasteiger partial charge in [-0.2, -0.15) is 0 Å². The Labute approximate surface area is 71.7 Å². The summed E-state index contributed by atoms with van der Waals surface area (Å²) in [5.41, 5.74) is 0.982. The van der Waals surface area contributed by atoms with Gasteiger partial charge in [0.05, 0.1) is 0 Å². The normalized spacial score (nSPS) is 10.7. The van der Waals surface area contributed by atoms with Crippen LogP contribution in [0.25, 0.3) is 6.08 Å². The number of nitrogens with zero attached hydrogens (tertiary/aromatic N) is 1. The zero-order valence-electron chi connectivity index (χ0n) is 6.42. The Morgan fingerprint density at radius 1 is 1.64 bits per heavy atom. The Bertz CT molecular complexity index is 255. The van der Waals surface area contributed by atoms with E-state index in [2.05, 4.69) is 18.0 Å². The molecule has 1 aromatic heterocycles. The van der Waals surface area contributed by atoms with E-state index in [0.29, 0.717) is 5.15 Å². The molecule has 0 amide bonds. The van der Waals surface area contributed by atoms with Crippen LogP contribution in [0, 0.1) is 0 Å². The van der Waals surface area contributed by atoms with Crippen LogP contribution in [0.4, 0.5) is 0 Å². The monoisotopic (exact) mass is 167 g/mol. The maximum absolute atomic E-state index is 5.80. The molecule has 0 spiro atoms. The zero-order valence-corrected chi connectivity index (χ0v) is 7.17. The second-order valence-corrected chi connectivity index (χ2v) is 2.55. The third-order valence-electron chi connectivity index (χ3n) is 1.32. The number of hydrogen-bond donors (Lipinski definition) is 0. The molecule has 0 aliphatic rings. The van der Waals surface area contributed by atoms with Crippen LogP contribution in [-0.4, -0.2) is 4.98 Å². The number of halogens is 1. The van der Waals surface area contributed by atoms with Crippen LogP contribution in [0.15, 0.2) is 24.4 Å². The Hall–Kier alpha value is -0.820. The zero-order chi connectivity index (χ0) is 8.10. The average molecular weight is 168 g/mol. The average Bonchev–Trinajstić information content (AvgIpc) is 2.03. The van der Waals surface area contributed by atoms with Gasteiger partial charge in [0, 0.05) is 11.8 Å². The molecule has 11 heavy (non-hydrogen) atoms. The first-order chi connectivity index (χ1) is 5.34. The summed E-state index contributed by atoms with van der Waals surface area (Å²) in [5.74, 6) is 0. The lowest BCUT2D eigenvalue weighted by atomic mass is 10.2. The molecule has 0 saturated carbocycles. The molecule has 2 heteroatoms. The van der Waals surface area contributed by atoms with E-state index in [-0.39, 0.29) is 0 Å². The number of rotatable bonds is 2. The van der Waals surface area contributed by atoms with E-state index in [9.17, 15) is 0 Å². The van der Waals surface area contributed by atoms with Crippen molar-refractivity contribution in [3.05, 3.63) is 35.1 Å². The van der Waals surface area contributed by atoms with Crippen molar-refractivity contribution in [3.8, 4) is 0 Å². The highest BCUT2D eigenvalue weighted by molar-refractivity contribution is 6.30. The highest BCUT2D eigenvalue weighted by Crippen LogP contribution is 2.12. The molecule has 0 unspecified atom stereocenters. The van der Waals surface area contributed by atoms with Crippen LogP contribution in [0.1, 0.15) is 18.9 Å². The van der Waals surface area contributed by atoms with Gasteiger partial charge in [-0.25, -0.2) is 4.98 Å². The number of aromatic nitrogens is 1. The molecule has 0 saturated heterocycles. The molecule has 1 heterocycles. The fourth-order valence-corrected chi connectivity index (χ4v) is 0.950. The van der Waals surface area contributed by atoms with Crippen LogP contribution < -0.4 is 0 Å². The summed E-state index contributed by atoms with van der Waals surface area (Å²) in [7, 11) is 0. The molecule has 0 fully saturated rings. The first kappa shape index (κ1) is 8.28. The summed E-state index contributed by atoms with van der Waals surface area (Å²) >= 11 is 5.80. The standard InChI is InChI=1S/C9H10ClN/c1-2-3-5-8-6-4-7-11-9(8)10/h3-7H,2H2,1H3/b5-3+.